The number of methoxy groups -OCH3 is 1. The fourth-order valence-electron chi connectivity index (χ4n) is 4.20. The van der Waals surface area contributed by atoms with Crippen LogP contribution in [0.15, 0.2) is 35.3 Å². The fraction of sp³-hybridized carbons (Fsp3) is 0.500. The number of aliphatic hydroxyl groups is 1. The number of aromatic nitrogens is 3. The molecule has 1 aromatic carbocycles. The van der Waals surface area contributed by atoms with E-state index in [0.717, 1.165) is 28.0 Å². The molecule has 9 nitrogen and oxygen atoms in total. The van der Waals surface area contributed by atoms with E-state index < -0.39 is 18.1 Å². The number of aryl methyl sites for hydroxylation is 2. The van der Waals surface area contributed by atoms with Gasteiger partial charge >= 0.3 is 5.97 Å². The number of fused-ring (bicyclic) bond motifs is 1. The van der Waals surface area contributed by atoms with E-state index in [9.17, 15) is 14.7 Å². The first-order valence-electron chi connectivity index (χ1n) is 11.8. The number of carbonyl (C=O) groups excluding carboxylic acids is 1. The van der Waals surface area contributed by atoms with Gasteiger partial charge in [-0.15, -0.1) is 0 Å². The molecule has 0 fully saturated rings. The summed E-state index contributed by atoms with van der Waals surface area (Å²) in [6, 6.07) is 6.95. The van der Waals surface area contributed by atoms with Crippen molar-refractivity contribution in [2.45, 2.75) is 65.5 Å². The molecule has 0 radical (unpaired) electrons. The Hall–Kier alpha value is -3.01. The second-order valence-electron chi connectivity index (χ2n) is 9.35. The number of esters is 1. The first-order chi connectivity index (χ1) is 16.5. The van der Waals surface area contributed by atoms with Crippen molar-refractivity contribution in [2.75, 3.05) is 13.7 Å². The van der Waals surface area contributed by atoms with Crippen molar-refractivity contribution in [1.82, 2.24) is 19.4 Å². The highest BCUT2D eigenvalue weighted by Gasteiger charge is 2.26. The van der Waals surface area contributed by atoms with Gasteiger partial charge < -0.3 is 23.7 Å². The topological polar surface area (TPSA) is 108 Å². The van der Waals surface area contributed by atoms with Gasteiger partial charge in [-0.2, -0.15) is 0 Å². The van der Waals surface area contributed by atoms with Crippen molar-refractivity contribution >= 4 is 17.0 Å². The van der Waals surface area contributed by atoms with Gasteiger partial charge in [-0.25, -0.2) is 4.98 Å². The summed E-state index contributed by atoms with van der Waals surface area (Å²) in [6.45, 7) is 9.82. The summed E-state index contributed by atoms with van der Waals surface area (Å²) in [7, 11) is 3.40. The zero-order chi connectivity index (χ0) is 25.9. The summed E-state index contributed by atoms with van der Waals surface area (Å²) in [5.41, 5.74) is 4.07. The maximum absolute atomic E-state index is 12.4. The van der Waals surface area contributed by atoms with E-state index >= 15 is 0 Å². The van der Waals surface area contributed by atoms with Crippen LogP contribution in [0.1, 0.15) is 44.9 Å². The molecule has 35 heavy (non-hydrogen) atoms. The van der Waals surface area contributed by atoms with E-state index in [1.54, 1.807) is 52.6 Å². The molecule has 0 saturated heterocycles. The fourth-order valence-corrected chi connectivity index (χ4v) is 4.20. The zero-order valence-corrected chi connectivity index (χ0v) is 21.5. The first kappa shape index (κ1) is 26.6. The van der Waals surface area contributed by atoms with Crippen LogP contribution in [0.4, 0.5) is 0 Å². The smallest absolute Gasteiger partial charge is 0.326 e. The molecule has 2 unspecified atom stereocenters. The number of ether oxygens (including phenoxy) is 2. The van der Waals surface area contributed by atoms with Gasteiger partial charge in [0.2, 0.25) is 0 Å². The average molecular weight is 485 g/mol. The molecule has 2 aromatic heterocycles. The maximum Gasteiger partial charge on any atom is 0.326 e. The molecule has 190 valence electrons. The lowest BCUT2D eigenvalue weighted by molar-refractivity contribution is -0.152. The Labute approximate surface area is 205 Å². The van der Waals surface area contributed by atoms with Crippen LogP contribution in [0.5, 0.6) is 0 Å². The zero-order valence-electron chi connectivity index (χ0n) is 21.5. The summed E-state index contributed by atoms with van der Waals surface area (Å²) in [5.74, 6) is 0.261. The summed E-state index contributed by atoms with van der Waals surface area (Å²) < 4.78 is 14.4. The Morgan fingerprint density at radius 2 is 1.91 bits per heavy atom. The number of aliphatic hydroxyl groups excluding tert-OH is 1. The van der Waals surface area contributed by atoms with Crippen molar-refractivity contribution in [2.24, 2.45) is 7.05 Å². The Balaban J connectivity index is 1.99. The number of benzene rings is 1. The standard InChI is InChI=1S/C26H36N4O5/c1-15(2)35-26(33)23(18(5)31)27-12-19-8-9-22-21(11-19)28-24(30(22)17(4)14-34-7)20-10-16(3)25(32)29(6)13-20/h8-11,13,15,17-18,23,27,31H,12,14H2,1-7H3/t17-,18?,23?/m1/s1. The van der Waals surface area contributed by atoms with E-state index in [4.69, 9.17) is 14.5 Å². The molecule has 0 aliphatic rings. The van der Waals surface area contributed by atoms with Crippen molar-refractivity contribution in [3.8, 4) is 11.4 Å². The molecular weight excluding hydrogens is 448 g/mol. The van der Waals surface area contributed by atoms with E-state index in [1.165, 1.54) is 0 Å². The number of pyridine rings is 1. The summed E-state index contributed by atoms with van der Waals surface area (Å²) in [4.78, 5) is 29.5. The quantitative estimate of drug-likeness (QED) is 0.426. The highest BCUT2D eigenvalue weighted by molar-refractivity contribution is 5.81. The van der Waals surface area contributed by atoms with Gasteiger partial charge in [0.1, 0.15) is 11.9 Å². The number of hydrogen-bond donors (Lipinski definition) is 2. The van der Waals surface area contributed by atoms with Gasteiger partial charge in [0.15, 0.2) is 0 Å². The molecule has 0 spiro atoms. The predicted molar refractivity (Wildman–Crippen MR) is 135 cm³/mol. The van der Waals surface area contributed by atoms with E-state index in [-0.39, 0.29) is 17.7 Å². The molecule has 3 atom stereocenters. The first-order valence-corrected chi connectivity index (χ1v) is 11.8. The minimum atomic E-state index is -0.904. The van der Waals surface area contributed by atoms with Crippen LogP contribution in [0.3, 0.4) is 0 Å². The summed E-state index contributed by atoms with van der Waals surface area (Å²) >= 11 is 0. The number of nitrogens with zero attached hydrogens (tertiary/aromatic N) is 3. The van der Waals surface area contributed by atoms with Crippen LogP contribution < -0.4 is 10.9 Å². The molecule has 0 aliphatic heterocycles. The van der Waals surface area contributed by atoms with Crippen LogP contribution >= 0.6 is 0 Å². The van der Waals surface area contributed by atoms with Gasteiger partial charge in [0, 0.05) is 38.0 Å². The molecule has 3 rings (SSSR count). The Bertz CT molecular complexity index is 1220. The summed E-state index contributed by atoms with van der Waals surface area (Å²) in [6.07, 6.45) is 0.626. The van der Waals surface area contributed by atoms with Crippen LogP contribution in [-0.2, 0) is 27.9 Å². The van der Waals surface area contributed by atoms with Gasteiger partial charge in [-0.05, 0) is 58.4 Å². The van der Waals surface area contributed by atoms with Crippen LogP contribution in [0.2, 0.25) is 0 Å². The normalized spacial score (nSPS) is 14.3. The molecule has 9 heteroatoms. The van der Waals surface area contributed by atoms with Crippen molar-refractivity contribution in [1.29, 1.82) is 0 Å². The lowest BCUT2D eigenvalue weighted by Gasteiger charge is -2.21. The van der Waals surface area contributed by atoms with Crippen LogP contribution in [-0.4, -0.2) is 57.2 Å². The van der Waals surface area contributed by atoms with Gasteiger partial charge in [0.25, 0.3) is 5.56 Å². The lowest BCUT2D eigenvalue weighted by Crippen LogP contribution is -2.46. The highest BCUT2D eigenvalue weighted by Crippen LogP contribution is 2.29. The minimum Gasteiger partial charge on any atom is -0.462 e. The molecule has 3 aromatic rings. The number of imidazole rings is 1. The highest BCUT2D eigenvalue weighted by atomic mass is 16.5. The summed E-state index contributed by atoms with van der Waals surface area (Å²) in [5, 5.41) is 13.2. The molecule has 0 aliphatic carbocycles. The Morgan fingerprint density at radius 3 is 2.51 bits per heavy atom. The van der Waals surface area contributed by atoms with Crippen molar-refractivity contribution < 1.29 is 19.4 Å². The Morgan fingerprint density at radius 1 is 1.20 bits per heavy atom. The van der Waals surface area contributed by atoms with Gasteiger partial charge in [-0.3, -0.25) is 14.9 Å². The van der Waals surface area contributed by atoms with Crippen LogP contribution in [0, 0.1) is 6.92 Å². The number of nitrogens with one attached hydrogen (secondary N) is 1. The van der Waals surface area contributed by atoms with Crippen molar-refractivity contribution in [3.05, 3.63) is 51.9 Å². The third-order valence-corrected chi connectivity index (χ3v) is 5.84. The maximum atomic E-state index is 12.4. The van der Waals surface area contributed by atoms with E-state index in [2.05, 4.69) is 16.8 Å². The van der Waals surface area contributed by atoms with Gasteiger partial charge in [-0.1, -0.05) is 6.07 Å². The molecule has 0 saturated carbocycles. The number of rotatable bonds is 10. The predicted octanol–water partition coefficient (Wildman–Crippen LogP) is 2.71. The average Bonchev–Trinajstić information content (AvgIpc) is 3.15. The molecule has 2 N–H and O–H groups in total. The largest absolute Gasteiger partial charge is 0.462 e. The Kier molecular flexibility index (Phi) is 8.47. The number of carbonyl (C=O) groups is 1. The lowest BCUT2D eigenvalue weighted by atomic mass is 10.1. The van der Waals surface area contributed by atoms with Crippen molar-refractivity contribution in [3.63, 3.8) is 0 Å². The third-order valence-electron chi connectivity index (χ3n) is 5.84. The minimum absolute atomic E-state index is 0.00642. The molecular formula is C26H36N4O5. The van der Waals surface area contributed by atoms with E-state index in [0.29, 0.717) is 18.7 Å². The SMILES string of the molecule is COC[C@@H](C)n1c(-c2cc(C)c(=O)n(C)c2)nc2cc(CNC(C(=O)OC(C)C)C(C)O)ccc21. The number of hydrogen-bond acceptors (Lipinski definition) is 7. The van der Waals surface area contributed by atoms with E-state index in [1.807, 2.05) is 24.3 Å². The van der Waals surface area contributed by atoms with Crippen LogP contribution in [0.25, 0.3) is 22.4 Å². The second-order valence-corrected chi connectivity index (χ2v) is 9.35. The third kappa shape index (κ3) is 5.98. The molecule has 2 heterocycles. The molecule has 0 bridgehead atoms. The monoisotopic (exact) mass is 484 g/mol. The second kappa shape index (κ2) is 11.2. The van der Waals surface area contributed by atoms with Gasteiger partial charge in [0.05, 0.1) is 35.9 Å². The molecule has 0 amide bonds.